The Labute approximate surface area is 86.5 Å². The van der Waals surface area contributed by atoms with Crippen molar-refractivity contribution in [2.75, 3.05) is 6.61 Å². The van der Waals surface area contributed by atoms with Crippen LogP contribution in [0.1, 0.15) is 6.92 Å². The normalized spacial score (nSPS) is 10.2. The van der Waals surface area contributed by atoms with E-state index in [9.17, 15) is 4.79 Å². The number of benzene rings is 1. The Morgan fingerprint density at radius 3 is 2.87 bits per heavy atom. The molecule has 0 bridgehead atoms. The third kappa shape index (κ3) is 1.93. The molecule has 0 radical (unpaired) electrons. The van der Waals surface area contributed by atoms with Crippen LogP contribution in [0.15, 0.2) is 39.6 Å². The van der Waals surface area contributed by atoms with Gasteiger partial charge in [-0.15, -0.1) is 0 Å². The van der Waals surface area contributed by atoms with Crippen molar-refractivity contribution in [3.63, 3.8) is 0 Å². The van der Waals surface area contributed by atoms with Crippen LogP contribution in [-0.4, -0.2) is 11.8 Å². The summed E-state index contributed by atoms with van der Waals surface area (Å²) in [4.78, 5) is 10.9. The summed E-state index contributed by atoms with van der Waals surface area (Å²) in [5.74, 6) is 1.20. The Hall–Kier alpha value is -1.97. The van der Waals surface area contributed by atoms with E-state index in [0.29, 0.717) is 18.1 Å². The summed E-state index contributed by atoms with van der Waals surface area (Å²) < 4.78 is 10.4. The molecule has 0 saturated carbocycles. The summed E-state index contributed by atoms with van der Waals surface area (Å²) in [6.07, 6.45) is 0. The summed E-state index contributed by atoms with van der Waals surface area (Å²) in [7, 11) is 0. The molecule has 15 heavy (non-hydrogen) atoms. The molecular weight excluding hydrogens is 194 g/mol. The molecule has 0 aliphatic carbocycles. The number of rotatable bonds is 3. The van der Waals surface area contributed by atoms with Crippen molar-refractivity contribution in [3.8, 4) is 17.1 Å². The fraction of sp³-hybridized carbons (Fsp3) is 0.182. The lowest BCUT2D eigenvalue weighted by Gasteiger charge is -2.06. The lowest BCUT2D eigenvalue weighted by Crippen LogP contribution is -1.94. The van der Waals surface area contributed by atoms with Crippen LogP contribution >= 0.6 is 0 Å². The van der Waals surface area contributed by atoms with Crippen LogP contribution in [0.5, 0.6) is 5.75 Å². The van der Waals surface area contributed by atoms with Gasteiger partial charge < -0.3 is 9.26 Å². The van der Waals surface area contributed by atoms with Crippen LogP contribution in [0, 0.1) is 0 Å². The summed E-state index contributed by atoms with van der Waals surface area (Å²) in [6, 6.07) is 8.82. The van der Waals surface area contributed by atoms with E-state index in [0.717, 1.165) is 5.56 Å². The van der Waals surface area contributed by atoms with Gasteiger partial charge in [-0.1, -0.05) is 12.1 Å². The third-order valence-electron chi connectivity index (χ3n) is 1.98. The molecule has 4 nitrogen and oxygen atoms in total. The molecule has 1 aromatic carbocycles. The first kappa shape index (κ1) is 9.58. The SMILES string of the molecule is CCOc1ccccc1-c1cc(=O)[nH]o1. The van der Waals surface area contributed by atoms with E-state index >= 15 is 0 Å². The summed E-state index contributed by atoms with van der Waals surface area (Å²) >= 11 is 0. The van der Waals surface area contributed by atoms with E-state index in [1.165, 1.54) is 6.07 Å². The highest BCUT2D eigenvalue weighted by atomic mass is 16.5. The third-order valence-corrected chi connectivity index (χ3v) is 1.98. The second-order valence-electron chi connectivity index (χ2n) is 3.01. The molecule has 0 fully saturated rings. The Morgan fingerprint density at radius 2 is 2.20 bits per heavy atom. The van der Waals surface area contributed by atoms with Crippen LogP contribution in [0.25, 0.3) is 11.3 Å². The highest BCUT2D eigenvalue weighted by molar-refractivity contribution is 5.65. The fourth-order valence-electron chi connectivity index (χ4n) is 1.37. The van der Waals surface area contributed by atoms with Gasteiger partial charge in [-0.3, -0.25) is 4.79 Å². The topological polar surface area (TPSA) is 55.2 Å². The van der Waals surface area contributed by atoms with Crippen molar-refractivity contribution in [2.24, 2.45) is 0 Å². The van der Waals surface area contributed by atoms with Gasteiger partial charge in [0.25, 0.3) is 5.56 Å². The maximum absolute atomic E-state index is 10.9. The van der Waals surface area contributed by atoms with Gasteiger partial charge in [0.05, 0.1) is 18.2 Å². The second-order valence-corrected chi connectivity index (χ2v) is 3.01. The van der Waals surface area contributed by atoms with Crippen molar-refractivity contribution < 1.29 is 9.26 Å². The van der Waals surface area contributed by atoms with Crippen molar-refractivity contribution >= 4 is 0 Å². The Balaban J connectivity index is 2.47. The monoisotopic (exact) mass is 205 g/mol. The number of H-pyrrole nitrogens is 1. The zero-order chi connectivity index (χ0) is 10.7. The molecule has 78 valence electrons. The van der Waals surface area contributed by atoms with Gasteiger partial charge in [-0.2, -0.15) is 5.16 Å². The first-order valence-electron chi connectivity index (χ1n) is 4.72. The Kier molecular flexibility index (Phi) is 2.58. The molecular formula is C11H11NO3. The standard InChI is InChI=1S/C11H11NO3/c1-2-14-9-6-4-3-5-8(9)10-7-11(13)12-15-10/h3-7H,2H2,1H3,(H,12,13). The number of hydrogen-bond acceptors (Lipinski definition) is 3. The molecule has 1 N–H and O–H groups in total. The lowest BCUT2D eigenvalue weighted by molar-refractivity contribution is 0.339. The second kappa shape index (κ2) is 4.04. The summed E-state index contributed by atoms with van der Waals surface area (Å²) in [5.41, 5.74) is 0.522. The molecule has 0 saturated heterocycles. The predicted octanol–water partition coefficient (Wildman–Crippen LogP) is 2.03. The number of aromatic nitrogens is 1. The van der Waals surface area contributed by atoms with Gasteiger partial charge in [-0.25, -0.2) is 0 Å². The van der Waals surface area contributed by atoms with Gasteiger partial charge in [0.15, 0.2) is 5.76 Å². The molecule has 2 aromatic rings. The number of hydrogen-bond donors (Lipinski definition) is 1. The summed E-state index contributed by atoms with van der Waals surface area (Å²) in [5, 5.41) is 2.25. The van der Waals surface area contributed by atoms with Crippen LogP contribution in [-0.2, 0) is 0 Å². The van der Waals surface area contributed by atoms with Crippen LogP contribution in [0.4, 0.5) is 0 Å². The number of para-hydroxylation sites is 1. The highest BCUT2D eigenvalue weighted by Crippen LogP contribution is 2.28. The van der Waals surface area contributed by atoms with E-state index in [1.807, 2.05) is 31.2 Å². The molecule has 0 aliphatic heterocycles. The zero-order valence-corrected chi connectivity index (χ0v) is 8.32. The molecule has 2 rings (SSSR count). The zero-order valence-electron chi connectivity index (χ0n) is 8.32. The first-order valence-corrected chi connectivity index (χ1v) is 4.72. The van der Waals surface area contributed by atoms with Crippen molar-refractivity contribution in [2.45, 2.75) is 6.92 Å². The largest absolute Gasteiger partial charge is 0.493 e. The minimum atomic E-state index is -0.253. The van der Waals surface area contributed by atoms with E-state index in [4.69, 9.17) is 9.26 Å². The van der Waals surface area contributed by atoms with Crippen LogP contribution in [0.2, 0.25) is 0 Å². The minimum absolute atomic E-state index is 0.253. The molecule has 0 spiro atoms. The average molecular weight is 205 g/mol. The molecule has 0 atom stereocenters. The number of aromatic amines is 1. The Morgan fingerprint density at radius 1 is 1.40 bits per heavy atom. The molecule has 1 aromatic heterocycles. The van der Waals surface area contributed by atoms with Crippen molar-refractivity contribution in [1.82, 2.24) is 5.16 Å². The number of ether oxygens (including phenoxy) is 1. The summed E-state index contributed by atoms with van der Waals surface area (Å²) in [6.45, 7) is 2.48. The minimum Gasteiger partial charge on any atom is -0.493 e. The maximum Gasteiger partial charge on any atom is 0.280 e. The smallest absolute Gasteiger partial charge is 0.280 e. The molecule has 0 amide bonds. The van der Waals surface area contributed by atoms with E-state index in [-0.39, 0.29) is 5.56 Å². The lowest BCUT2D eigenvalue weighted by atomic mass is 10.1. The van der Waals surface area contributed by atoms with Gasteiger partial charge in [0.2, 0.25) is 0 Å². The van der Waals surface area contributed by atoms with Gasteiger partial charge >= 0.3 is 0 Å². The fourth-order valence-corrected chi connectivity index (χ4v) is 1.37. The Bertz CT molecular complexity index is 498. The highest BCUT2D eigenvalue weighted by Gasteiger charge is 2.09. The van der Waals surface area contributed by atoms with Gasteiger partial charge in [0.1, 0.15) is 5.75 Å². The van der Waals surface area contributed by atoms with E-state index in [2.05, 4.69) is 5.16 Å². The average Bonchev–Trinajstić information content (AvgIpc) is 2.66. The molecule has 4 heteroatoms. The number of nitrogens with one attached hydrogen (secondary N) is 1. The van der Waals surface area contributed by atoms with E-state index < -0.39 is 0 Å². The first-order chi connectivity index (χ1) is 7.31. The quantitative estimate of drug-likeness (QED) is 0.834. The van der Waals surface area contributed by atoms with Gasteiger partial charge in [-0.05, 0) is 19.1 Å². The van der Waals surface area contributed by atoms with Crippen LogP contribution in [0.3, 0.4) is 0 Å². The van der Waals surface area contributed by atoms with E-state index in [1.54, 1.807) is 0 Å². The predicted molar refractivity (Wildman–Crippen MR) is 55.9 cm³/mol. The van der Waals surface area contributed by atoms with Gasteiger partial charge in [0, 0.05) is 0 Å². The van der Waals surface area contributed by atoms with Crippen molar-refractivity contribution in [1.29, 1.82) is 0 Å². The van der Waals surface area contributed by atoms with Crippen molar-refractivity contribution in [3.05, 3.63) is 40.7 Å². The molecule has 0 unspecified atom stereocenters. The molecule has 0 aliphatic rings. The molecule has 1 heterocycles. The maximum atomic E-state index is 10.9. The van der Waals surface area contributed by atoms with Crippen LogP contribution < -0.4 is 10.3 Å².